The van der Waals surface area contributed by atoms with Crippen LogP contribution in [-0.4, -0.2) is 20.8 Å². The average molecular weight is 275 g/mol. The van der Waals surface area contributed by atoms with E-state index in [1.165, 1.54) is 0 Å². The summed E-state index contributed by atoms with van der Waals surface area (Å²) in [6.45, 7) is 0. The van der Waals surface area contributed by atoms with Crippen LogP contribution in [0.25, 0.3) is 5.57 Å². The van der Waals surface area contributed by atoms with E-state index in [1.54, 1.807) is 6.08 Å². The maximum absolute atomic E-state index is 9.14. The van der Waals surface area contributed by atoms with E-state index in [2.05, 4.69) is 0 Å². The van der Waals surface area contributed by atoms with Crippen LogP contribution < -0.4 is 0 Å². The molecule has 0 heterocycles. The van der Waals surface area contributed by atoms with Crippen LogP contribution in [0.4, 0.5) is 0 Å². The zero-order valence-corrected chi connectivity index (χ0v) is 11.2. The first kappa shape index (κ1) is 13.9. The molecule has 0 atom stereocenters. The Morgan fingerprint density at radius 1 is 0.789 bits per heavy atom. The van der Waals surface area contributed by atoms with Crippen LogP contribution in [0.5, 0.6) is 0 Å². The summed E-state index contributed by atoms with van der Waals surface area (Å²) in [5.74, 6) is 0. The molecule has 0 aliphatic carbocycles. The summed E-state index contributed by atoms with van der Waals surface area (Å²) in [6.07, 6.45) is 1.52. The van der Waals surface area contributed by atoms with E-state index in [-0.39, 0.29) is 6.16 Å². The number of hydrogen-bond acceptors (Lipinski definition) is 3. The third-order valence-electron chi connectivity index (χ3n) is 2.71. The molecule has 0 amide bonds. The molecule has 0 radical (unpaired) electrons. The highest BCUT2D eigenvalue weighted by molar-refractivity contribution is 7.58. The summed E-state index contributed by atoms with van der Waals surface area (Å²) in [5, 5.41) is 0. The van der Waals surface area contributed by atoms with E-state index in [0.717, 1.165) is 16.7 Å². The van der Waals surface area contributed by atoms with Crippen LogP contribution in [0.2, 0.25) is 0 Å². The highest BCUT2D eigenvalue weighted by Gasteiger charge is 2.27. The van der Waals surface area contributed by atoms with Gasteiger partial charge < -0.3 is 0 Å². The van der Waals surface area contributed by atoms with Crippen molar-refractivity contribution in [2.75, 3.05) is 6.16 Å². The van der Waals surface area contributed by atoms with Crippen molar-refractivity contribution in [2.24, 2.45) is 0 Å². The minimum Gasteiger partial charge on any atom is -0.193 e. The summed E-state index contributed by atoms with van der Waals surface area (Å²) in [7, 11) is -3.79. The van der Waals surface area contributed by atoms with Crippen LogP contribution >= 0.6 is 7.94 Å². The van der Waals surface area contributed by atoms with Gasteiger partial charge in [-0.1, -0.05) is 60.7 Å². The van der Waals surface area contributed by atoms with Crippen molar-refractivity contribution in [3.63, 3.8) is 0 Å². The van der Waals surface area contributed by atoms with E-state index >= 15 is 0 Å². The van der Waals surface area contributed by atoms with E-state index in [0.29, 0.717) is 0 Å². The fraction of sp³-hybridized carbons (Fsp3) is 0.0667. The summed E-state index contributed by atoms with van der Waals surface area (Å²) in [4.78, 5) is 27.4. The standard InChI is InChI=1S/C15H16O3P/c16-19(17,18)12-11-15(13-7-3-1-4-8-13)14-9-5-2-6-10-14/h1-11,16-18H,12H2/q+1. The van der Waals surface area contributed by atoms with Gasteiger partial charge in [0.05, 0.1) is 0 Å². The molecular formula is C15H16O3P+. The van der Waals surface area contributed by atoms with Crippen molar-refractivity contribution in [3.8, 4) is 0 Å². The Morgan fingerprint density at radius 3 is 1.58 bits per heavy atom. The van der Waals surface area contributed by atoms with E-state index in [4.69, 9.17) is 14.7 Å². The summed E-state index contributed by atoms with van der Waals surface area (Å²) in [5.41, 5.74) is 2.83. The molecule has 2 aromatic carbocycles. The third-order valence-corrected chi connectivity index (χ3v) is 3.38. The Morgan fingerprint density at radius 2 is 1.21 bits per heavy atom. The van der Waals surface area contributed by atoms with Gasteiger partial charge in [0.15, 0.2) is 6.16 Å². The number of allylic oxidation sites excluding steroid dienone is 1. The second-order valence-electron chi connectivity index (χ2n) is 4.23. The van der Waals surface area contributed by atoms with Crippen LogP contribution in [0.15, 0.2) is 66.7 Å². The molecule has 98 valence electrons. The maximum Gasteiger partial charge on any atom is 0.407 e. The van der Waals surface area contributed by atoms with Crippen LogP contribution in [-0.2, 0) is 0 Å². The predicted octanol–water partition coefficient (Wildman–Crippen LogP) is 2.86. The minimum absolute atomic E-state index is 0.147. The van der Waals surface area contributed by atoms with E-state index < -0.39 is 7.94 Å². The van der Waals surface area contributed by atoms with Gasteiger partial charge in [-0.25, -0.2) is 0 Å². The lowest BCUT2D eigenvalue weighted by atomic mass is 9.98. The largest absolute Gasteiger partial charge is 0.407 e. The zero-order valence-electron chi connectivity index (χ0n) is 10.3. The molecule has 2 aromatic rings. The first-order chi connectivity index (χ1) is 9.06. The van der Waals surface area contributed by atoms with Crippen LogP contribution in [0.1, 0.15) is 11.1 Å². The molecule has 0 aliphatic rings. The second-order valence-corrected chi connectivity index (χ2v) is 5.98. The molecule has 0 aromatic heterocycles. The van der Waals surface area contributed by atoms with Crippen molar-refractivity contribution >= 4 is 13.5 Å². The van der Waals surface area contributed by atoms with Crippen molar-refractivity contribution in [3.05, 3.63) is 77.9 Å². The Hall–Kier alpha value is -1.51. The first-order valence-electron chi connectivity index (χ1n) is 5.93. The van der Waals surface area contributed by atoms with Gasteiger partial charge in [0.2, 0.25) is 0 Å². The highest BCUT2D eigenvalue weighted by Crippen LogP contribution is 2.45. The molecule has 0 saturated heterocycles. The van der Waals surface area contributed by atoms with Gasteiger partial charge in [-0.05, 0) is 22.8 Å². The van der Waals surface area contributed by atoms with Gasteiger partial charge in [-0.2, -0.15) is 14.7 Å². The normalized spacial score (nSPS) is 11.1. The lowest BCUT2D eigenvalue weighted by Gasteiger charge is -2.09. The van der Waals surface area contributed by atoms with Gasteiger partial charge >= 0.3 is 7.94 Å². The van der Waals surface area contributed by atoms with Gasteiger partial charge in [-0.3, -0.25) is 0 Å². The average Bonchev–Trinajstić information content (AvgIpc) is 2.40. The lowest BCUT2D eigenvalue weighted by Crippen LogP contribution is -1.95. The molecule has 0 spiro atoms. The molecule has 2 rings (SSSR count). The Kier molecular flexibility index (Phi) is 4.46. The van der Waals surface area contributed by atoms with E-state index in [1.807, 2.05) is 60.7 Å². The number of rotatable bonds is 4. The molecular weight excluding hydrogens is 259 g/mol. The van der Waals surface area contributed by atoms with E-state index in [9.17, 15) is 0 Å². The van der Waals surface area contributed by atoms with Crippen molar-refractivity contribution < 1.29 is 14.7 Å². The van der Waals surface area contributed by atoms with Crippen LogP contribution in [0, 0.1) is 0 Å². The fourth-order valence-corrected chi connectivity index (χ4v) is 2.28. The summed E-state index contributed by atoms with van der Waals surface area (Å²) < 4.78 is 0. The lowest BCUT2D eigenvalue weighted by molar-refractivity contribution is 0.335. The van der Waals surface area contributed by atoms with Gasteiger partial charge in [0.25, 0.3) is 0 Å². The quantitative estimate of drug-likeness (QED) is 0.752. The third kappa shape index (κ3) is 4.27. The molecule has 3 nitrogen and oxygen atoms in total. The van der Waals surface area contributed by atoms with Gasteiger partial charge in [-0.15, -0.1) is 0 Å². The topological polar surface area (TPSA) is 60.7 Å². The predicted molar refractivity (Wildman–Crippen MR) is 78.4 cm³/mol. The van der Waals surface area contributed by atoms with Crippen molar-refractivity contribution in [2.45, 2.75) is 0 Å². The molecule has 0 fully saturated rings. The molecule has 3 N–H and O–H groups in total. The number of hydrogen-bond donors (Lipinski definition) is 3. The number of benzene rings is 2. The molecule has 0 saturated carbocycles. The Balaban J connectivity index is 2.40. The summed E-state index contributed by atoms with van der Waals surface area (Å²) >= 11 is 0. The zero-order chi connectivity index (χ0) is 13.7. The molecule has 0 aliphatic heterocycles. The first-order valence-corrected chi connectivity index (χ1v) is 7.77. The highest BCUT2D eigenvalue weighted by atomic mass is 31.2. The van der Waals surface area contributed by atoms with Gasteiger partial charge in [0.1, 0.15) is 0 Å². The summed E-state index contributed by atoms with van der Waals surface area (Å²) in [6, 6.07) is 19.3. The van der Waals surface area contributed by atoms with Crippen molar-refractivity contribution in [1.29, 1.82) is 0 Å². The van der Waals surface area contributed by atoms with Gasteiger partial charge in [0, 0.05) is 0 Å². The SMILES string of the molecule is O[P+](O)(O)CC=C(c1ccccc1)c1ccccc1. The van der Waals surface area contributed by atoms with Crippen molar-refractivity contribution in [1.82, 2.24) is 0 Å². The molecule has 4 heteroatoms. The maximum atomic E-state index is 9.14. The fourth-order valence-electron chi connectivity index (χ4n) is 1.85. The molecule has 0 bridgehead atoms. The monoisotopic (exact) mass is 275 g/mol. The minimum atomic E-state index is -3.79. The van der Waals surface area contributed by atoms with Crippen LogP contribution in [0.3, 0.4) is 0 Å². The second kappa shape index (κ2) is 6.09. The Bertz CT molecular complexity index is 503. The molecule has 19 heavy (non-hydrogen) atoms. The smallest absolute Gasteiger partial charge is 0.193 e. The molecule has 0 unspecified atom stereocenters. The Labute approximate surface area is 113 Å².